The summed E-state index contributed by atoms with van der Waals surface area (Å²) in [6, 6.07) is 2.78. The number of rotatable bonds is 3. The van der Waals surface area contributed by atoms with Crippen molar-refractivity contribution in [3.05, 3.63) is 28.3 Å². The van der Waals surface area contributed by atoms with Crippen molar-refractivity contribution in [3.8, 4) is 5.75 Å². The molecule has 0 aliphatic carbocycles. The molecule has 1 aromatic carbocycles. The fourth-order valence-corrected chi connectivity index (χ4v) is 1.59. The molecule has 0 heterocycles. The Morgan fingerprint density at radius 1 is 1.50 bits per heavy atom. The van der Waals surface area contributed by atoms with Crippen molar-refractivity contribution in [3.63, 3.8) is 0 Å². The topological polar surface area (TPSA) is 66.5 Å². The molecule has 0 spiro atoms. The summed E-state index contributed by atoms with van der Waals surface area (Å²) in [5, 5.41) is 18.7. The fraction of sp³-hybridized carbons (Fsp3) is 0.400. The second-order valence-electron chi connectivity index (χ2n) is 3.28. The summed E-state index contributed by atoms with van der Waals surface area (Å²) in [7, 11) is 0. The molecule has 0 amide bonds. The van der Waals surface area contributed by atoms with Gasteiger partial charge < -0.3 is 15.9 Å². The Bertz CT molecular complexity index is 328. The second kappa shape index (κ2) is 4.64. The Morgan fingerprint density at radius 3 is 2.71 bits per heavy atom. The highest BCUT2D eigenvalue weighted by Crippen LogP contribution is 2.30. The number of aliphatic hydroxyl groups is 1. The molecule has 0 aliphatic heterocycles. The van der Waals surface area contributed by atoms with Gasteiger partial charge in [0.25, 0.3) is 0 Å². The summed E-state index contributed by atoms with van der Waals surface area (Å²) in [5.74, 6) is 0.148. The molecule has 1 aromatic rings. The number of aryl methyl sites for hydroxylation is 1. The predicted octanol–water partition coefficient (Wildman–Crippen LogP) is 1.74. The van der Waals surface area contributed by atoms with Crippen molar-refractivity contribution >= 4 is 11.6 Å². The van der Waals surface area contributed by atoms with Crippen molar-refractivity contribution in [2.75, 3.05) is 6.61 Å². The van der Waals surface area contributed by atoms with Crippen LogP contribution in [0.3, 0.4) is 0 Å². The maximum Gasteiger partial charge on any atom is 0.116 e. The van der Waals surface area contributed by atoms with Gasteiger partial charge in [-0.05, 0) is 36.6 Å². The molecule has 4 heteroatoms. The first-order valence-corrected chi connectivity index (χ1v) is 4.79. The Labute approximate surface area is 88.1 Å². The van der Waals surface area contributed by atoms with Crippen LogP contribution in [0.2, 0.25) is 5.02 Å². The zero-order valence-corrected chi connectivity index (χ0v) is 8.75. The SMILES string of the molecule is Cc1cc(O)cc(C(N)CCO)c1Cl. The van der Waals surface area contributed by atoms with Crippen LogP contribution >= 0.6 is 11.6 Å². The lowest BCUT2D eigenvalue weighted by molar-refractivity contribution is 0.276. The molecule has 1 rings (SSSR count). The molecule has 1 atom stereocenters. The zero-order chi connectivity index (χ0) is 10.7. The van der Waals surface area contributed by atoms with Crippen LogP contribution in [0.15, 0.2) is 12.1 Å². The number of halogens is 1. The summed E-state index contributed by atoms with van der Waals surface area (Å²) in [4.78, 5) is 0. The Morgan fingerprint density at radius 2 is 2.14 bits per heavy atom. The number of aliphatic hydroxyl groups excluding tert-OH is 1. The van der Waals surface area contributed by atoms with Gasteiger partial charge in [0.05, 0.1) is 0 Å². The number of phenols is 1. The molecule has 3 nitrogen and oxygen atoms in total. The number of hydrogen-bond donors (Lipinski definition) is 3. The quantitative estimate of drug-likeness (QED) is 0.720. The van der Waals surface area contributed by atoms with Crippen LogP contribution in [0.25, 0.3) is 0 Å². The zero-order valence-electron chi connectivity index (χ0n) is 8.00. The minimum atomic E-state index is -0.335. The number of aromatic hydroxyl groups is 1. The molecule has 78 valence electrons. The monoisotopic (exact) mass is 215 g/mol. The average Bonchev–Trinajstić information content (AvgIpc) is 2.11. The van der Waals surface area contributed by atoms with Gasteiger partial charge >= 0.3 is 0 Å². The minimum absolute atomic E-state index is 0.00615. The lowest BCUT2D eigenvalue weighted by atomic mass is 10.0. The van der Waals surface area contributed by atoms with E-state index in [0.717, 1.165) is 5.56 Å². The highest BCUT2D eigenvalue weighted by Gasteiger charge is 2.12. The van der Waals surface area contributed by atoms with E-state index in [2.05, 4.69) is 0 Å². The molecule has 0 saturated carbocycles. The standard InChI is InChI=1S/C10H14ClNO2/c1-6-4-7(14)5-8(10(6)11)9(12)2-3-13/h4-5,9,13-14H,2-3,12H2,1H3. The Hall–Kier alpha value is -0.770. The van der Waals surface area contributed by atoms with E-state index in [4.69, 9.17) is 22.4 Å². The molecule has 0 radical (unpaired) electrons. The average molecular weight is 216 g/mol. The van der Waals surface area contributed by atoms with Crippen LogP contribution in [0.1, 0.15) is 23.6 Å². The van der Waals surface area contributed by atoms with Gasteiger partial charge in [0.1, 0.15) is 5.75 Å². The van der Waals surface area contributed by atoms with Gasteiger partial charge in [0, 0.05) is 17.7 Å². The molecule has 0 saturated heterocycles. The highest BCUT2D eigenvalue weighted by atomic mass is 35.5. The van der Waals surface area contributed by atoms with Gasteiger partial charge in [-0.2, -0.15) is 0 Å². The number of phenolic OH excluding ortho intramolecular Hbond substituents is 1. The molecule has 0 aliphatic rings. The van der Waals surface area contributed by atoms with Crippen LogP contribution in [-0.2, 0) is 0 Å². The van der Waals surface area contributed by atoms with Crippen molar-refractivity contribution in [1.29, 1.82) is 0 Å². The predicted molar refractivity (Wildman–Crippen MR) is 56.5 cm³/mol. The second-order valence-corrected chi connectivity index (χ2v) is 3.66. The molecule has 0 aromatic heterocycles. The van der Waals surface area contributed by atoms with Gasteiger partial charge in [0.15, 0.2) is 0 Å². The lowest BCUT2D eigenvalue weighted by Gasteiger charge is -2.14. The third-order valence-corrected chi connectivity index (χ3v) is 2.62. The van der Waals surface area contributed by atoms with Crippen molar-refractivity contribution < 1.29 is 10.2 Å². The van der Waals surface area contributed by atoms with E-state index in [0.29, 0.717) is 17.0 Å². The van der Waals surface area contributed by atoms with Gasteiger partial charge in [0.2, 0.25) is 0 Å². The van der Waals surface area contributed by atoms with E-state index >= 15 is 0 Å². The van der Waals surface area contributed by atoms with Crippen molar-refractivity contribution in [2.45, 2.75) is 19.4 Å². The first kappa shape index (κ1) is 11.3. The molecular formula is C10H14ClNO2. The van der Waals surface area contributed by atoms with E-state index < -0.39 is 0 Å². The summed E-state index contributed by atoms with van der Waals surface area (Å²) in [6.45, 7) is 1.81. The van der Waals surface area contributed by atoms with Crippen LogP contribution in [-0.4, -0.2) is 16.8 Å². The number of hydrogen-bond acceptors (Lipinski definition) is 3. The van der Waals surface area contributed by atoms with E-state index in [9.17, 15) is 5.11 Å². The summed E-state index contributed by atoms with van der Waals surface area (Å²) in [5.41, 5.74) is 7.25. The normalized spacial score (nSPS) is 12.9. The van der Waals surface area contributed by atoms with E-state index in [1.807, 2.05) is 0 Å². The summed E-state index contributed by atoms with van der Waals surface area (Å²) >= 11 is 6.02. The smallest absolute Gasteiger partial charge is 0.116 e. The Kier molecular flexibility index (Phi) is 3.75. The third kappa shape index (κ3) is 2.38. The van der Waals surface area contributed by atoms with E-state index in [1.54, 1.807) is 13.0 Å². The van der Waals surface area contributed by atoms with E-state index in [-0.39, 0.29) is 18.4 Å². The fourth-order valence-electron chi connectivity index (χ4n) is 1.34. The van der Waals surface area contributed by atoms with E-state index in [1.165, 1.54) is 6.07 Å². The molecule has 0 bridgehead atoms. The van der Waals surface area contributed by atoms with Crippen LogP contribution in [0.4, 0.5) is 0 Å². The molecule has 14 heavy (non-hydrogen) atoms. The van der Waals surface area contributed by atoms with Crippen molar-refractivity contribution in [1.82, 2.24) is 0 Å². The van der Waals surface area contributed by atoms with Gasteiger partial charge in [-0.3, -0.25) is 0 Å². The van der Waals surface area contributed by atoms with Crippen LogP contribution in [0, 0.1) is 6.92 Å². The Balaban J connectivity index is 3.07. The molecule has 1 unspecified atom stereocenters. The number of nitrogens with two attached hydrogens (primary N) is 1. The largest absolute Gasteiger partial charge is 0.508 e. The summed E-state index contributed by atoms with van der Waals surface area (Å²) in [6.07, 6.45) is 0.433. The summed E-state index contributed by atoms with van der Waals surface area (Å²) < 4.78 is 0. The highest BCUT2D eigenvalue weighted by molar-refractivity contribution is 6.32. The molecular weight excluding hydrogens is 202 g/mol. The van der Waals surface area contributed by atoms with Gasteiger partial charge in [-0.1, -0.05) is 11.6 Å². The first-order valence-electron chi connectivity index (χ1n) is 4.41. The maximum atomic E-state index is 9.36. The lowest BCUT2D eigenvalue weighted by Crippen LogP contribution is -2.12. The van der Waals surface area contributed by atoms with Gasteiger partial charge in [-0.25, -0.2) is 0 Å². The van der Waals surface area contributed by atoms with Crippen LogP contribution < -0.4 is 5.73 Å². The first-order chi connectivity index (χ1) is 6.56. The molecule has 4 N–H and O–H groups in total. The van der Waals surface area contributed by atoms with Gasteiger partial charge in [-0.15, -0.1) is 0 Å². The van der Waals surface area contributed by atoms with Crippen molar-refractivity contribution in [2.24, 2.45) is 5.73 Å². The number of benzene rings is 1. The third-order valence-electron chi connectivity index (χ3n) is 2.11. The maximum absolute atomic E-state index is 9.36. The minimum Gasteiger partial charge on any atom is -0.508 e. The molecule has 0 fully saturated rings. The van der Waals surface area contributed by atoms with Crippen LogP contribution in [0.5, 0.6) is 5.75 Å².